The first-order chi connectivity index (χ1) is 8.00. The van der Waals surface area contributed by atoms with Gasteiger partial charge in [-0.05, 0) is 44.4 Å². The fourth-order valence-electron chi connectivity index (χ4n) is 2.26. The van der Waals surface area contributed by atoms with Gasteiger partial charge in [-0.1, -0.05) is 39.7 Å². The molecule has 0 aliphatic heterocycles. The van der Waals surface area contributed by atoms with Crippen LogP contribution >= 0.6 is 15.9 Å². The molecule has 0 atom stereocenters. The molecule has 0 spiro atoms. The van der Waals surface area contributed by atoms with E-state index in [1.54, 1.807) is 0 Å². The van der Waals surface area contributed by atoms with Gasteiger partial charge in [-0.3, -0.25) is 4.79 Å². The Morgan fingerprint density at radius 3 is 2.47 bits per heavy atom. The molecule has 2 heteroatoms. The summed E-state index contributed by atoms with van der Waals surface area (Å²) in [6.45, 7) is 4.08. The number of ketones is 1. The zero-order valence-corrected chi connectivity index (χ0v) is 11.9. The highest BCUT2D eigenvalue weighted by Gasteiger charge is 2.34. The lowest BCUT2D eigenvalue weighted by molar-refractivity contribution is -0.126. The van der Waals surface area contributed by atoms with Crippen molar-refractivity contribution in [1.82, 2.24) is 0 Å². The van der Waals surface area contributed by atoms with Gasteiger partial charge in [0.15, 0.2) is 0 Å². The van der Waals surface area contributed by atoms with Crippen LogP contribution in [-0.4, -0.2) is 5.78 Å². The molecule has 0 heterocycles. The minimum Gasteiger partial charge on any atom is -0.299 e. The second-order valence-corrected chi connectivity index (χ2v) is 6.04. The van der Waals surface area contributed by atoms with E-state index < -0.39 is 0 Å². The van der Waals surface area contributed by atoms with Crippen LogP contribution in [0, 0.1) is 5.41 Å². The van der Waals surface area contributed by atoms with Gasteiger partial charge in [-0.15, -0.1) is 0 Å². The van der Waals surface area contributed by atoms with E-state index in [1.165, 1.54) is 11.1 Å². The molecule has 1 aliphatic carbocycles. The van der Waals surface area contributed by atoms with Crippen LogP contribution in [0.25, 0.3) is 6.08 Å². The Hall–Kier alpha value is -0.890. The lowest BCUT2D eigenvalue weighted by Gasteiger charge is -2.31. The SMILES string of the molecule is CC1(C)C(=O)CCCC1=Cc1ccc(Br)cc1. The Kier molecular flexibility index (Phi) is 3.53. The van der Waals surface area contributed by atoms with Crippen molar-refractivity contribution in [2.75, 3.05) is 0 Å². The first kappa shape index (κ1) is 12.6. The van der Waals surface area contributed by atoms with Crippen molar-refractivity contribution in [3.05, 3.63) is 39.9 Å². The summed E-state index contributed by atoms with van der Waals surface area (Å²) in [4.78, 5) is 11.9. The van der Waals surface area contributed by atoms with Gasteiger partial charge in [-0.25, -0.2) is 0 Å². The fraction of sp³-hybridized carbons (Fsp3) is 0.400. The number of benzene rings is 1. The molecule has 0 aromatic heterocycles. The highest BCUT2D eigenvalue weighted by Crippen LogP contribution is 2.38. The third-order valence-electron chi connectivity index (χ3n) is 3.56. The Morgan fingerprint density at radius 1 is 1.18 bits per heavy atom. The molecule has 1 aromatic rings. The predicted molar refractivity (Wildman–Crippen MR) is 74.8 cm³/mol. The molecule has 0 radical (unpaired) electrons. The van der Waals surface area contributed by atoms with Crippen molar-refractivity contribution in [2.45, 2.75) is 33.1 Å². The number of rotatable bonds is 1. The molecule has 1 aromatic carbocycles. The zero-order chi connectivity index (χ0) is 12.5. The molecule has 0 bridgehead atoms. The maximum Gasteiger partial charge on any atom is 0.142 e. The summed E-state index contributed by atoms with van der Waals surface area (Å²) in [5, 5.41) is 0. The van der Waals surface area contributed by atoms with Crippen LogP contribution < -0.4 is 0 Å². The number of halogens is 1. The molecule has 0 unspecified atom stereocenters. The van der Waals surface area contributed by atoms with E-state index in [1.807, 2.05) is 26.0 Å². The number of Topliss-reactive ketones (excluding diaryl/α,β-unsaturated/α-hetero) is 1. The van der Waals surface area contributed by atoms with E-state index in [4.69, 9.17) is 0 Å². The lowest BCUT2D eigenvalue weighted by atomic mass is 9.71. The standard InChI is InChI=1S/C15H17BrO/c1-15(2)12(4-3-5-14(15)17)10-11-6-8-13(16)9-7-11/h6-10H,3-5H2,1-2H3. The Labute approximate surface area is 111 Å². The van der Waals surface area contributed by atoms with Gasteiger partial charge in [-0.2, -0.15) is 0 Å². The van der Waals surface area contributed by atoms with Crippen LogP contribution in [0.4, 0.5) is 0 Å². The number of carbonyl (C=O) groups is 1. The van der Waals surface area contributed by atoms with Gasteiger partial charge in [0.2, 0.25) is 0 Å². The van der Waals surface area contributed by atoms with Gasteiger partial charge in [0.25, 0.3) is 0 Å². The minimum absolute atomic E-state index is 0.286. The molecule has 1 nitrogen and oxygen atoms in total. The minimum atomic E-state index is -0.286. The second-order valence-electron chi connectivity index (χ2n) is 5.12. The molecule has 2 rings (SSSR count). The maximum absolute atomic E-state index is 11.9. The van der Waals surface area contributed by atoms with E-state index >= 15 is 0 Å². The van der Waals surface area contributed by atoms with E-state index in [0.29, 0.717) is 5.78 Å². The van der Waals surface area contributed by atoms with Crippen LogP contribution in [0.2, 0.25) is 0 Å². The van der Waals surface area contributed by atoms with Crippen LogP contribution in [0.1, 0.15) is 38.7 Å². The van der Waals surface area contributed by atoms with Crippen molar-refractivity contribution in [2.24, 2.45) is 5.41 Å². The number of allylic oxidation sites excluding steroid dienone is 1. The van der Waals surface area contributed by atoms with Crippen LogP contribution in [0.3, 0.4) is 0 Å². The molecular weight excluding hydrogens is 276 g/mol. The van der Waals surface area contributed by atoms with E-state index in [0.717, 1.165) is 23.7 Å². The van der Waals surface area contributed by atoms with Gasteiger partial charge in [0.1, 0.15) is 5.78 Å². The predicted octanol–water partition coefficient (Wildman–Crippen LogP) is 4.61. The van der Waals surface area contributed by atoms with Crippen molar-refractivity contribution in [3.63, 3.8) is 0 Å². The topological polar surface area (TPSA) is 17.1 Å². The van der Waals surface area contributed by atoms with Gasteiger partial charge in [0.05, 0.1) is 0 Å². The van der Waals surface area contributed by atoms with Crippen molar-refractivity contribution < 1.29 is 4.79 Å². The summed E-state index contributed by atoms with van der Waals surface area (Å²) >= 11 is 3.43. The average molecular weight is 293 g/mol. The molecule has 1 fully saturated rings. The van der Waals surface area contributed by atoms with Gasteiger partial charge in [0, 0.05) is 16.3 Å². The summed E-state index contributed by atoms with van der Waals surface area (Å²) in [6.07, 6.45) is 4.92. The average Bonchev–Trinajstić information content (AvgIpc) is 2.28. The summed E-state index contributed by atoms with van der Waals surface area (Å²) in [5.74, 6) is 0.368. The molecule has 90 valence electrons. The third kappa shape index (κ3) is 2.68. The highest BCUT2D eigenvalue weighted by atomic mass is 79.9. The molecule has 0 amide bonds. The Morgan fingerprint density at radius 2 is 1.82 bits per heavy atom. The maximum atomic E-state index is 11.9. The first-order valence-corrected chi connectivity index (χ1v) is 6.79. The Balaban J connectivity index is 2.32. The molecule has 0 saturated heterocycles. The fourth-order valence-corrected chi connectivity index (χ4v) is 2.52. The summed E-state index contributed by atoms with van der Waals surface area (Å²) in [6, 6.07) is 8.21. The second kappa shape index (κ2) is 4.77. The summed E-state index contributed by atoms with van der Waals surface area (Å²) in [7, 11) is 0. The molecule has 17 heavy (non-hydrogen) atoms. The van der Waals surface area contributed by atoms with E-state index in [2.05, 4.69) is 34.1 Å². The first-order valence-electron chi connectivity index (χ1n) is 6.00. The third-order valence-corrected chi connectivity index (χ3v) is 4.09. The van der Waals surface area contributed by atoms with Crippen molar-refractivity contribution in [3.8, 4) is 0 Å². The van der Waals surface area contributed by atoms with Crippen molar-refractivity contribution in [1.29, 1.82) is 0 Å². The molecule has 1 aliphatic rings. The number of hydrogen-bond donors (Lipinski definition) is 0. The lowest BCUT2D eigenvalue weighted by Crippen LogP contribution is -2.30. The smallest absolute Gasteiger partial charge is 0.142 e. The largest absolute Gasteiger partial charge is 0.299 e. The normalized spacial score (nSPS) is 21.8. The van der Waals surface area contributed by atoms with Crippen LogP contribution in [-0.2, 0) is 4.79 Å². The van der Waals surface area contributed by atoms with E-state index in [9.17, 15) is 4.79 Å². The Bertz CT molecular complexity index is 454. The van der Waals surface area contributed by atoms with Gasteiger partial charge < -0.3 is 0 Å². The quantitative estimate of drug-likeness (QED) is 0.739. The zero-order valence-electron chi connectivity index (χ0n) is 10.3. The number of hydrogen-bond acceptors (Lipinski definition) is 1. The summed E-state index contributed by atoms with van der Waals surface area (Å²) < 4.78 is 1.08. The molecular formula is C15H17BrO. The van der Waals surface area contributed by atoms with Crippen molar-refractivity contribution >= 4 is 27.8 Å². The van der Waals surface area contributed by atoms with Crippen LogP contribution in [0.15, 0.2) is 34.3 Å². The van der Waals surface area contributed by atoms with Gasteiger partial charge >= 0.3 is 0 Å². The monoisotopic (exact) mass is 292 g/mol. The molecule has 0 N–H and O–H groups in total. The van der Waals surface area contributed by atoms with Crippen LogP contribution in [0.5, 0.6) is 0 Å². The number of carbonyl (C=O) groups excluding carboxylic acids is 1. The summed E-state index contributed by atoms with van der Waals surface area (Å²) in [5.41, 5.74) is 2.15. The highest BCUT2D eigenvalue weighted by molar-refractivity contribution is 9.10. The molecule has 1 saturated carbocycles. The van der Waals surface area contributed by atoms with E-state index in [-0.39, 0.29) is 5.41 Å².